The molecule has 9 heavy (non-hydrogen) atoms. The first-order chi connectivity index (χ1) is 4.18. The van der Waals surface area contributed by atoms with Crippen LogP contribution in [0.5, 0.6) is 0 Å². The third-order valence-electron chi connectivity index (χ3n) is 0.882. The van der Waals surface area contributed by atoms with Crippen molar-refractivity contribution in [1.29, 1.82) is 5.41 Å². The van der Waals surface area contributed by atoms with Crippen molar-refractivity contribution in [3.8, 4) is 0 Å². The first-order valence-electron chi connectivity index (χ1n) is 2.58. The van der Waals surface area contributed by atoms with Crippen LogP contribution in [0.3, 0.4) is 0 Å². The zero-order chi connectivity index (χ0) is 7.28. The molecule has 0 aliphatic heterocycles. The van der Waals surface area contributed by atoms with E-state index in [1.54, 1.807) is 19.1 Å². The fraction of sp³-hybridized carbons (Fsp3) is 0.167. The summed E-state index contributed by atoms with van der Waals surface area (Å²) in [5.74, 6) is 0.0769. The Hall–Kier alpha value is -1.25. The largest absolute Gasteiger partial charge is 0.405 e. The van der Waals surface area contributed by atoms with Crippen molar-refractivity contribution < 1.29 is 0 Å². The Balaban J connectivity index is 4.00. The summed E-state index contributed by atoms with van der Waals surface area (Å²) in [5, 5.41) is 6.91. The number of nitrogens with two attached hydrogens (primary N) is 2. The number of nitrogens with one attached hydrogen (secondary N) is 1. The Morgan fingerprint density at radius 1 is 1.56 bits per heavy atom. The van der Waals surface area contributed by atoms with Crippen LogP contribution in [-0.2, 0) is 0 Å². The third kappa shape index (κ3) is 3.34. The molecule has 5 N–H and O–H groups in total. The molecule has 0 spiro atoms. The van der Waals surface area contributed by atoms with Crippen molar-refractivity contribution in [2.24, 2.45) is 11.5 Å². The molecule has 3 nitrogen and oxygen atoms in total. The molecule has 0 aromatic rings. The summed E-state index contributed by atoms with van der Waals surface area (Å²) in [6.07, 6.45) is 4.71. The maximum absolute atomic E-state index is 6.91. The number of allylic oxidation sites excluding steroid dienone is 2. The highest BCUT2D eigenvalue weighted by atomic mass is 14.7. The van der Waals surface area contributed by atoms with E-state index in [1.807, 2.05) is 0 Å². The second kappa shape index (κ2) is 3.72. The van der Waals surface area contributed by atoms with E-state index in [0.717, 1.165) is 5.57 Å². The van der Waals surface area contributed by atoms with Crippen LogP contribution in [0.4, 0.5) is 0 Å². The summed E-state index contributed by atoms with van der Waals surface area (Å²) < 4.78 is 0. The lowest BCUT2D eigenvalue weighted by Crippen LogP contribution is -2.10. The van der Waals surface area contributed by atoms with Crippen molar-refractivity contribution in [1.82, 2.24) is 0 Å². The first-order valence-corrected chi connectivity index (χ1v) is 2.58. The molecule has 0 aliphatic carbocycles. The van der Waals surface area contributed by atoms with Gasteiger partial charge in [-0.15, -0.1) is 0 Å². The van der Waals surface area contributed by atoms with Crippen LogP contribution < -0.4 is 11.5 Å². The smallest absolute Gasteiger partial charge is 0.118 e. The molecule has 0 aromatic carbocycles. The lowest BCUT2D eigenvalue weighted by atomic mass is 10.2. The molecule has 3 heteroatoms. The lowest BCUT2D eigenvalue weighted by Gasteiger charge is -1.91. The van der Waals surface area contributed by atoms with Crippen molar-refractivity contribution in [3.63, 3.8) is 0 Å². The second-order valence-corrected chi connectivity index (χ2v) is 1.65. The zero-order valence-electron chi connectivity index (χ0n) is 5.39. The fourth-order valence-electron chi connectivity index (χ4n) is 0.290. The summed E-state index contributed by atoms with van der Waals surface area (Å²) in [7, 11) is 0. The quantitative estimate of drug-likeness (QED) is 0.283. The van der Waals surface area contributed by atoms with Gasteiger partial charge in [0.1, 0.15) is 5.84 Å². The van der Waals surface area contributed by atoms with Gasteiger partial charge in [-0.3, -0.25) is 5.41 Å². The van der Waals surface area contributed by atoms with Crippen LogP contribution >= 0.6 is 0 Å². The van der Waals surface area contributed by atoms with Crippen LogP contribution in [0.15, 0.2) is 23.9 Å². The Morgan fingerprint density at radius 2 is 2.11 bits per heavy atom. The van der Waals surface area contributed by atoms with Crippen LogP contribution in [0.2, 0.25) is 0 Å². The predicted octanol–water partition coefficient (Wildman–Crippen LogP) is 0.341. The minimum Gasteiger partial charge on any atom is -0.405 e. The van der Waals surface area contributed by atoms with E-state index in [4.69, 9.17) is 16.9 Å². The molecular weight excluding hydrogens is 114 g/mol. The molecule has 50 valence electrons. The third-order valence-corrected chi connectivity index (χ3v) is 0.882. The van der Waals surface area contributed by atoms with Gasteiger partial charge in [0.05, 0.1) is 0 Å². The van der Waals surface area contributed by atoms with Gasteiger partial charge in [0, 0.05) is 0 Å². The average molecular weight is 125 g/mol. The Kier molecular flexibility index (Phi) is 3.20. The summed E-state index contributed by atoms with van der Waals surface area (Å²) in [5.41, 5.74) is 10.9. The Bertz CT molecular complexity index is 156. The van der Waals surface area contributed by atoms with E-state index in [1.165, 1.54) is 6.20 Å². The molecule has 0 aromatic heterocycles. The molecule has 0 unspecified atom stereocenters. The molecule has 0 atom stereocenters. The molecule has 0 saturated carbocycles. The van der Waals surface area contributed by atoms with Gasteiger partial charge in [0.2, 0.25) is 0 Å². The Morgan fingerprint density at radius 3 is 2.44 bits per heavy atom. The molecule has 0 heterocycles. The van der Waals surface area contributed by atoms with E-state index in [2.05, 4.69) is 0 Å². The maximum Gasteiger partial charge on any atom is 0.118 e. The van der Waals surface area contributed by atoms with Gasteiger partial charge in [0.25, 0.3) is 0 Å². The number of rotatable bonds is 2. The highest BCUT2D eigenvalue weighted by Crippen LogP contribution is 1.89. The molecule has 0 rings (SSSR count). The molecule has 0 fully saturated rings. The van der Waals surface area contributed by atoms with Crippen LogP contribution in [-0.4, -0.2) is 5.84 Å². The summed E-state index contributed by atoms with van der Waals surface area (Å²) in [6.45, 7) is 1.75. The highest BCUT2D eigenvalue weighted by Gasteiger charge is 1.86. The molecule has 0 aliphatic rings. The molecule has 0 radical (unpaired) electrons. The topological polar surface area (TPSA) is 75.9 Å². The second-order valence-electron chi connectivity index (χ2n) is 1.65. The Labute approximate surface area is 54.5 Å². The molecule has 0 bridgehead atoms. The van der Waals surface area contributed by atoms with E-state index < -0.39 is 0 Å². The number of amidine groups is 1. The van der Waals surface area contributed by atoms with E-state index >= 15 is 0 Å². The van der Waals surface area contributed by atoms with Gasteiger partial charge in [-0.25, -0.2) is 0 Å². The number of hydrogen-bond acceptors (Lipinski definition) is 2. The van der Waals surface area contributed by atoms with E-state index in [-0.39, 0.29) is 5.84 Å². The average Bonchev–Trinajstić information content (AvgIpc) is 1.82. The number of hydrogen-bond donors (Lipinski definition) is 3. The van der Waals surface area contributed by atoms with Crippen LogP contribution in [0, 0.1) is 5.41 Å². The predicted molar refractivity (Wildman–Crippen MR) is 39.0 cm³/mol. The van der Waals surface area contributed by atoms with Crippen LogP contribution in [0.25, 0.3) is 0 Å². The van der Waals surface area contributed by atoms with Crippen molar-refractivity contribution in [2.45, 2.75) is 6.92 Å². The van der Waals surface area contributed by atoms with Crippen molar-refractivity contribution in [2.75, 3.05) is 0 Å². The molecule has 0 amide bonds. The van der Waals surface area contributed by atoms with E-state index in [9.17, 15) is 0 Å². The van der Waals surface area contributed by atoms with Gasteiger partial charge < -0.3 is 11.5 Å². The molecular formula is C6H11N3. The molecule has 0 saturated heterocycles. The van der Waals surface area contributed by atoms with Gasteiger partial charge in [-0.2, -0.15) is 0 Å². The fourth-order valence-corrected chi connectivity index (χ4v) is 0.290. The van der Waals surface area contributed by atoms with Crippen LogP contribution in [0.1, 0.15) is 6.92 Å². The van der Waals surface area contributed by atoms with Gasteiger partial charge in [0.15, 0.2) is 0 Å². The van der Waals surface area contributed by atoms with Gasteiger partial charge in [-0.05, 0) is 24.8 Å². The first kappa shape index (κ1) is 7.75. The monoisotopic (exact) mass is 125 g/mol. The summed E-state index contributed by atoms with van der Waals surface area (Å²) in [6, 6.07) is 0. The minimum absolute atomic E-state index is 0.0769. The van der Waals surface area contributed by atoms with E-state index in [0.29, 0.717) is 0 Å². The maximum atomic E-state index is 6.91. The SMILES string of the molecule is C/C(=C\C=C/N)C(=N)N. The minimum atomic E-state index is 0.0769. The highest BCUT2D eigenvalue weighted by molar-refractivity contribution is 5.93. The van der Waals surface area contributed by atoms with Crippen molar-refractivity contribution in [3.05, 3.63) is 23.9 Å². The van der Waals surface area contributed by atoms with Gasteiger partial charge in [-0.1, -0.05) is 6.08 Å². The van der Waals surface area contributed by atoms with Gasteiger partial charge >= 0.3 is 0 Å². The van der Waals surface area contributed by atoms with Crippen molar-refractivity contribution >= 4 is 5.84 Å². The zero-order valence-corrected chi connectivity index (χ0v) is 5.39. The standard InChI is InChI=1S/C6H11N3/c1-5(6(8)9)3-2-4-7/h2-4H,7H2,1H3,(H3,8,9)/b4-2-,5-3+. The summed E-state index contributed by atoms with van der Waals surface area (Å²) >= 11 is 0. The summed E-state index contributed by atoms with van der Waals surface area (Å²) in [4.78, 5) is 0. The normalized spacial score (nSPS) is 12.3. The lowest BCUT2D eigenvalue weighted by molar-refractivity contribution is 1.39.